The van der Waals surface area contributed by atoms with E-state index in [1.54, 1.807) is 18.2 Å². The van der Waals surface area contributed by atoms with Gasteiger partial charge in [-0.05, 0) is 30.0 Å². The summed E-state index contributed by atoms with van der Waals surface area (Å²) in [5, 5.41) is 0. The average Bonchev–Trinajstić information content (AvgIpc) is 2.45. The predicted molar refractivity (Wildman–Crippen MR) is 96.3 cm³/mol. The van der Waals surface area contributed by atoms with Gasteiger partial charge < -0.3 is 9.08 Å². The zero-order chi connectivity index (χ0) is 18.2. The quantitative estimate of drug-likeness (QED) is 0.475. The van der Waals surface area contributed by atoms with E-state index in [0.29, 0.717) is 25.4 Å². The van der Waals surface area contributed by atoms with Gasteiger partial charge in [-0.25, -0.2) is 0 Å². The van der Waals surface area contributed by atoms with E-state index in [-0.39, 0.29) is 11.7 Å². The Labute approximate surface area is 146 Å². The van der Waals surface area contributed by atoms with Gasteiger partial charge in [0.25, 0.3) is 0 Å². The molecule has 1 rings (SSSR count). The van der Waals surface area contributed by atoms with Crippen molar-refractivity contribution in [2.75, 3.05) is 12.8 Å². The average molecular weight is 356 g/mol. The van der Waals surface area contributed by atoms with Crippen LogP contribution in [0, 0.1) is 5.92 Å². The summed E-state index contributed by atoms with van der Waals surface area (Å²) in [5.41, 5.74) is 0.862. The summed E-state index contributed by atoms with van der Waals surface area (Å²) >= 11 is 0. The highest BCUT2D eigenvalue weighted by atomic mass is 32.2. The van der Waals surface area contributed by atoms with Crippen molar-refractivity contribution >= 4 is 16.0 Å². The summed E-state index contributed by atoms with van der Waals surface area (Å²) in [7, 11) is -3.55. The standard InChI is InChI=1S/C18H29NO4S/c1-5-6-7-11-18(20)19(13-15(2)3)14-16-9-8-10-17(12-16)23-24(4,21)22/h8-10,12,15H,5-7,11,13-14H2,1-4H3. The molecule has 0 aliphatic rings. The molecule has 0 aliphatic carbocycles. The number of rotatable bonds is 10. The fraction of sp³-hybridized carbons (Fsp3) is 0.611. The lowest BCUT2D eigenvalue weighted by Gasteiger charge is -2.25. The SMILES string of the molecule is CCCCCC(=O)N(Cc1cccc(OS(C)(=O)=O)c1)CC(C)C. The lowest BCUT2D eigenvalue weighted by atomic mass is 10.1. The van der Waals surface area contributed by atoms with Crippen molar-refractivity contribution in [1.29, 1.82) is 0 Å². The zero-order valence-electron chi connectivity index (χ0n) is 15.1. The first kappa shape index (κ1) is 20.5. The molecule has 0 bridgehead atoms. The summed E-state index contributed by atoms with van der Waals surface area (Å²) in [4.78, 5) is 14.3. The van der Waals surface area contributed by atoms with E-state index in [2.05, 4.69) is 20.8 Å². The third-order valence-electron chi connectivity index (χ3n) is 3.45. The molecule has 1 amide bonds. The number of amides is 1. The molecule has 0 unspecified atom stereocenters. The van der Waals surface area contributed by atoms with Gasteiger partial charge in [-0.15, -0.1) is 0 Å². The van der Waals surface area contributed by atoms with Gasteiger partial charge >= 0.3 is 10.1 Å². The van der Waals surface area contributed by atoms with E-state index in [1.807, 2.05) is 11.0 Å². The molecule has 1 aromatic carbocycles. The lowest BCUT2D eigenvalue weighted by Crippen LogP contribution is -2.33. The van der Waals surface area contributed by atoms with Crippen molar-refractivity contribution < 1.29 is 17.4 Å². The molecule has 0 heterocycles. The fourth-order valence-corrected chi connectivity index (χ4v) is 2.92. The molecule has 24 heavy (non-hydrogen) atoms. The van der Waals surface area contributed by atoms with Crippen LogP contribution < -0.4 is 4.18 Å². The highest BCUT2D eigenvalue weighted by Crippen LogP contribution is 2.18. The molecule has 0 N–H and O–H groups in total. The Hall–Kier alpha value is -1.56. The highest BCUT2D eigenvalue weighted by molar-refractivity contribution is 7.86. The number of hydrogen-bond acceptors (Lipinski definition) is 4. The van der Waals surface area contributed by atoms with Gasteiger partial charge in [0.15, 0.2) is 0 Å². The second-order valence-corrected chi connectivity index (χ2v) is 8.13. The second kappa shape index (κ2) is 9.67. The Morgan fingerprint density at radius 1 is 1.25 bits per heavy atom. The molecule has 6 heteroatoms. The Balaban J connectivity index is 2.82. The summed E-state index contributed by atoms with van der Waals surface area (Å²) in [6.07, 6.45) is 4.62. The Morgan fingerprint density at radius 3 is 2.54 bits per heavy atom. The van der Waals surface area contributed by atoms with Gasteiger partial charge in [0.05, 0.1) is 6.26 Å². The van der Waals surface area contributed by atoms with E-state index < -0.39 is 10.1 Å². The number of carbonyl (C=O) groups is 1. The third-order valence-corrected chi connectivity index (χ3v) is 3.95. The van der Waals surface area contributed by atoms with Crippen LogP contribution in [-0.4, -0.2) is 32.0 Å². The van der Waals surface area contributed by atoms with Gasteiger partial charge in [-0.1, -0.05) is 45.7 Å². The number of carbonyl (C=O) groups excluding carboxylic acids is 1. The van der Waals surface area contributed by atoms with Gasteiger partial charge in [0.1, 0.15) is 5.75 Å². The van der Waals surface area contributed by atoms with Gasteiger partial charge in [0, 0.05) is 19.5 Å². The molecule has 0 atom stereocenters. The summed E-state index contributed by atoms with van der Waals surface area (Å²) < 4.78 is 27.4. The minimum Gasteiger partial charge on any atom is -0.383 e. The van der Waals surface area contributed by atoms with Crippen LogP contribution >= 0.6 is 0 Å². The van der Waals surface area contributed by atoms with Crippen LogP contribution in [0.5, 0.6) is 5.75 Å². The molecule has 0 saturated heterocycles. The van der Waals surface area contributed by atoms with E-state index >= 15 is 0 Å². The maximum atomic E-state index is 12.5. The molecule has 0 aliphatic heterocycles. The van der Waals surface area contributed by atoms with Crippen LogP contribution in [0.2, 0.25) is 0 Å². The van der Waals surface area contributed by atoms with Crippen molar-refractivity contribution in [2.45, 2.75) is 53.0 Å². The van der Waals surface area contributed by atoms with E-state index in [4.69, 9.17) is 4.18 Å². The van der Waals surface area contributed by atoms with Crippen LogP contribution in [-0.2, 0) is 21.5 Å². The maximum Gasteiger partial charge on any atom is 0.306 e. The van der Waals surface area contributed by atoms with Crippen LogP contribution in [0.25, 0.3) is 0 Å². The first-order valence-corrected chi connectivity index (χ1v) is 10.3. The monoisotopic (exact) mass is 355 g/mol. The Kier molecular flexibility index (Phi) is 8.25. The van der Waals surface area contributed by atoms with Crippen LogP contribution in [0.3, 0.4) is 0 Å². The molecule has 1 aromatic rings. The van der Waals surface area contributed by atoms with Crippen LogP contribution in [0.15, 0.2) is 24.3 Å². The molecular weight excluding hydrogens is 326 g/mol. The first-order valence-electron chi connectivity index (χ1n) is 8.47. The maximum absolute atomic E-state index is 12.5. The fourth-order valence-electron chi connectivity index (χ4n) is 2.47. The molecule has 0 fully saturated rings. The van der Waals surface area contributed by atoms with Gasteiger partial charge in [0.2, 0.25) is 5.91 Å². The molecule has 0 aromatic heterocycles. The van der Waals surface area contributed by atoms with Crippen molar-refractivity contribution in [1.82, 2.24) is 4.90 Å². The summed E-state index contributed by atoms with van der Waals surface area (Å²) in [6, 6.07) is 6.89. The number of hydrogen-bond donors (Lipinski definition) is 0. The normalized spacial score (nSPS) is 11.5. The highest BCUT2D eigenvalue weighted by Gasteiger charge is 2.15. The lowest BCUT2D eigenvalue weighted by molar-refractivity contribution is -0.132. The molecule has 0 saturated carbocycles. The second-order valence-electron chi connectivity index (χ2n) is 6.56. The van der Waals surface area contributed by atoms with Gasteiger partial charge in [-0.2, -0.15) is 8.42 Å². The molecule has 136 valence electrons. The predicted octanol–water partition coefficient (Wildman–Crippen LogP) is 3.59. The topological polar surface area (TPSA) is 63.7 Å². The van der Waals surface area contributed by atoms with Crippen molar-refractivity contribution in [2.24, 2.45) is 5.92 Å². The van der Waals surface area contributed by atoms with E-state index in [1.165, 1.54) is 0 Å². The largest absolute Gasteiger partial charge is 0.383 e. The van der Waals surface area contributed by atoms with Crippen molar-refractivity contribution in [3.63, 3.8) is 0 Å². The molecular formula is C18H29NO4S. The zero-order valence-corrected chi connectivity index (χ0v) is 15.9. The number of benzene rings is 1. The smallest absolute Gasteiger partial charge is 0.306 e. The van der Waals surface area contributed by atoms with Gasteiger partial charge in [-0.3, -0.25) is 4.79 Å². The minimum atomic E-state index is -3.55. The molecule has 0 radical (unpaired) electrons. The molecule has 5 nitrogen and oxygen atoms in total. The number of nitrogens with zero attached hydrogens (tertiary/aromatic N) is 1. The van der Waals surface area contributed by atoms with E-state index in [0.717, 1.165) is 31.1 Å². The van der Waals surface area contributed by atoms with Crippen LogP contribution in [0.1, 0.15) is 52.0 Å². The molecule has 0 spiro atoms. The summed E-state index contributed by atoms with van der Waals surface area (Å²) in [6.45, 7) is 7.42. The Bertz CT molecular complexity index is 626. The van der Waals surface area contributed by atoms with Crippen molar-refractivity contribution in [3.8, 4) is 5.75 Å². The number of unbranched alkanes of at least 4 members (excludes halogenated alkanes) is 2. The van der Waals surface area contributed by atoms with E-state index in [9.17, 15) is 13.2 Å². The minimum absolute atomic E-state index is 0.145. The first-order chi connectivity index (χ1) is 11.2. The Morgan fingerprint density at radius 2 is 1.96 bits per heavy atom. The van der Waals surface area contributed by atoms with Crippen molar-refractivity contribution in [3.05, 3.63) is 29.8 Å². The summed E-state index contributed by atoms with van der Waals surface area (Å²) in [5.74, 6) is 0.792. The third kappa shape index (κ3) is 8.34. The van der Waals surface area contributed by atoms with Crippen LogP contribution in [0.4, 0.5) is 0 Å².